The Morgan fingerprint density at radius 3 is 1.02 bits per heavy atom. The van der Waals surface area contributed by atoms with Crippen LogP contribution in [0.5, 0.6) is 0 Å². The summed E-state index contributed by atoms with van der Waals surface area (Å²) in [6.07, 6.45) is 61.1. The van der Waals surface area contributed by atoms with Gasteiger partial charge in [0.15, 0.2) is 0 Å². The van der Waals surface area contributed by atoms with Crippen LogP contribution >= 0.6 is 0 Å². The normalized spacial score (nSPS) is 12.7. The van der Waals surface area contributed by atoms with E-state index in [0.29, 0.717) is 12.8 Å². The molecule has 0 saturated heterocycles. The molecule has 0 aliphatic heterocycles. The van der Waals surface area contributed by atoms with E-state index in [0.717, 1.165) is 38.5 Å². The lowest BCUT2D eigenvalue weighted by Crippen LogP contribution is -2.46. The van der Waals surface area contributed by atoms with Crippen LogP contribution in [0.4, 0.5) is 0 Å². The number of aliphatic hydroxyl groups excluding tert-OH is 1. The first kappa shape index (κ1) is 59.6. The van der Waals surface area contributed by atoms with Gasteiger partial charge in [-0.3, -0.25) is 9.59 Å². The predicted molar refractivity (Wildman–Crippen MR) is 267 cm³/mol. The van der Waals surface area contributed by atoms with Gasteiger partial charge in [0.05, 0.1) is 12.1 Å². The molecule has 0 rings (SSSR count). The highest BCUT2D eigenvalue weighted by Gasteiger charge is 2.21. The summed E-state index contributed by atoms with van der Waals surface area (Å²) in [6.45, 7) is 6.86. The Kier molecular flexibility index (Phi) is 50.1. The molecule has 0 saturated carbocycles. The first-order valence-electron chi connectivity index (χ1n) is 27.8. The number of carbonyl (C=O) groups excluding carboxylic acids is 2. The molecule has 0 radical (unpaired) electrons. The second-order valence-corrected chi connectivity index (χ2v) is 19.2. The molecular weight excluding hydrogens is 751 g/mol. The summed E-state index contributed by atoms with van der Waals surface area (Å²) in [4.78, 5) is 25.7. The smallest absolute Gasteiger partial charge is 0.305 e. The molecule has 5 heteroatoms. The molecule has 0 aromatic rings. The van der Waals surface area contributed by atoms with Gasteiger partial charge in [-0.05, 0) is 25.7 Å². The molecule has 2 atom stereocenters. The summed E-state index contributed by atoms with van der Waals surface area (Å²) in [7, 11) is 0. The standard InChI is InChI=1S/C56H109NO4/c1-4-7-10-13-16-19-22-25-27-28-30-33-36-39-42-45-48-51-56(60)61-52-53(54(58)49-46-43-40-37-34-31-24-21-18-15-12-9-6-3)57-55(59)50-47-44-41-38-35-32-29-26-23-20-17-14-11-8-5-2/h46,49,53-54,58H,4-45,47-48,50-52H2,1-3H3,(H,57,59)/b49-46+/t53-,54+/m0/s1. The molecule has 0 aliphatic rings. The summed E-state index contributed by atoms with van der Waals surface area (Å²) in [5.41, 5.74) is 0. The number of ether oxygens (including phenoxy) is 1. The van der Waals surface area contributed by atoms with Crippen LogP contribution < -0.4 is 5.32 Å². The summed E-state index contributed by atoms with van der Waals surface area (Å²) < 4.78 is 5.66. The molecule has 0 spiro atoms. The van der Waals surface area contributed by atoms with E-state index in [1.807, 2.05) is 6.08 Å². The lowest BCUT2D eigenvalue weighted by molar-refractivity contribution is -0.146. The molecule has 0 aromatic carbocycles. The molecule has 0 bridgehead atoms. The van der Waals surface area contributed by atoms with Crippen LogP contribution in [0.3, 0.4) is 0 Å². The quantitative estimate of drug-likeness (QED) is 0.0363. The Morgan fingerprint density at radius 1 is 0.410 bits per heavy atom. The van der Waals surface area contributed by atoms with Crippen molar-refractivity contribution in [2.75, 3.05) is 6.61 Å². The Balaban J connectivity index is 4.33. The van der Waals surface area contributed by atoms with Crippen molar-refractivity contribution >= 4 is 11.9 Å². The zero-order valence-corrected chi connectivity index (χ0v) is 41.7. The maximum atomic E-state index is 13.0. The van der Waals surface area contributed by atoms with Crippen molar-refractivity contribution in [1.82, 2.24) is 5.32 Å². The van der Waals surface area contributed by atoms with Crippen LogP contribution in [-0.4, -0.2) is 35.7 Å². The Labute approximate surface area is 382 Å². The van der Waals surface area contributed by atoms with Gasteiger partial charge in [0, 0.05) is 12.8 Å². The van der Waals surface area contributed by atoms with Crippen molar-refractivity contribution < 1.29 is 19.4 Å². The number of rotatable bonds is 51. The monoisotopic (exact) mass is 860 g/mol. The van der Waals surface area contributed by atoms with Gasteiger partial charge < -0.3 is 15.2 Å². The minimum Gasteiger partial charge on any atom is -0.463 e. The molecule has 2 N–H and O–H groups in total. The van der Waals surface area contributed by atoms with Gasteiger partial charge in [-0.25, -0.2) is 0 Å². The van der Waals surface area contributed by atoms with E-state index in [-0.39, 0.29) is 18.5 Å². The third kappa shape index (κ3) is 47.9. The van der Waals surface area contributed by atoms with Crippen molar-refractivity contribution in [2.45, 2.75) is 328 Å². The van der Waals surface area contributed by atoms with Crippen molar-refractivity contribution in [1.29, 1.82) is 0 Å². The second kappa shape index (κ2) is 51.3. The zero-order chi connectivity index (χ0) is 44.4. The summed E-state index contributed by atoms with van der Waals surface area (Å²) in [5.74, 6) is -0.276. The SMILES string of the molecule is CCCCCCCCCCCCC/C=C/[C@@H](O)[C@H](COC(=O)CCCCCCCCCCCCCCCCCCC)NC(=O)CCCCCCCCCCCCCCCCC. The fraction of sp³-hybridized carbons (Fsp3) is 0.929. The Hall–Kier alpha value is -1.36. The molecule has 61 heavy (non-hydrogen) atoms. The van der Waals surface area contributed by atoms with Gasteiger partial charge >= 0.3 is 5.97 Å². The number of hydrogen-bond donors (Lipinski definition) is 2. The van der Waals surface area contributed by atoms with Gasteiger partial charge in [0.25, 0.3) is 0 Å². The third-order valence-electron chi connectivity index (χ3n) is 13.0. The lowest BCUT2D eigenvalue weighted by Gasteiger charge is -2.22. The average molecular weight is 860 g/mol. The van der Waals surface area contributed by atoms with Crippen molar-refractivity contribution in [2.24, 2.45) is 0 Å². The highest BCUT2D eigenvalue weighted by atomic mass is 16.5. The van der Waals surface area contributed by atoms with Gasteiger partial charge in [-0.15, -0.1) is 0 Å². The zero-order valence-electron chi connectivity index (χ0n) is 41.7. The largest absolute Gasteiger partial charge is 0.463 e. The number of hydrogen-bond acceptors (Lipinski definition) is 4. The Morgan fingerprint density at radius 2 is 0.689 bits per heavy atom. The maximum absolute atomic E-state index is 13.0. The minimum atomic E-state index is -0.870. The number of allylic oxidation sites excluding steroid dienone is 1. The highest BCUT2D eigenvalue weighted by molar-refractivity contribution is 5.76. The van der Waals surface area contributed by atoms with Crippen LogP contribution in [0, 0.1) is 0 Å². The van der Waals surface area contributed by atoms with E-state index < -0.39 is 12.1 Å². The first-order chi connectivity index (χ1) is 30.0. The van der Waals surface area contributed by atoms with E-state index in [4.69, 9.17) is 4.74 Å². The molecule has 5 nitrogen and oxygen atoms in total. The highest BCUT2D eigenvalue weighted by Crippen LogP contribution is 2.17. The number of esters is 1. The number of aliphatic hydroxyl groups is 1. The van der Waals surface area contributed by atoms with Crippen molar-refractivity contribution in [3.05, 3.63) is 12.2 Å². The fourth-order valence-corrected chi connectivity index (χ4v) is 8.71. The average Bonchev–Trinajstić information content (AvgIpc) is 3.26. The molecule has 0 aliphatic carbocycles. The minimum absolute atomic E-state index is 0.0202. The van der Waals surface area contributed by atoms with Crippen LogP contribution in [0.2, 0.25) is 0 Å². The molecule has 362 valence electrons. The summed E-state index contributed by atoms with van der Waals surface area (Å²) in [6, 6.07) is -0.614. The van der Waals surface area contributed by atoms with Gasteiger partial charge in [0.1, 0.15) is 6.61 Å². The van der Waals surface area contributed by atoms with Crippen LogP contribution in [0.1, 0.15) is 316 Å². The summed E-state index contributed by atoms with van der Waals surface area (Å²) in [5, 5.41) is 14.1. The number of carbonyl (C=O) groups is 2. The number of amides is 1. The molecular formula is C56H109NO4. The van der Waals surface area contributed by atoms with Crippen LogP contribution in [0.25, 0.3) is 0 Å². The molecule has 0 aromatic heterocycles. The van der Waals surface area contributed by atoms with Crippen LogP contribution in [-0.2, 0) is 14.3 Å². The van der Waals surface area contributed by atoms with E-state index in [2.05, 4.69) is 26.1 Å². The van der Waals surface area contributed by atoms with Crippen molar-refractivity contribution in [3.63, 3.8) is 0 Å². The predicted octanol–water partition coefficient (Wildman–Crippen LogP) is 17.9. The summed E-state index contributed by atoms with van der Waals surface area (Å²) >= 11 is 0. The van der Waals surface area contributed by atoms with E-state index in [9.17, 15) is 14.7 Å². The molecule has 0 fully saturated rings. The number of unbranched alkanes of at least 4 members (excludes halogenated alkanes) is 41. The lowest BCUT2D eigenvalue weighted by atomic mass is 10.0. The van der Waals surface area contributed by atoms with E-state index in [1.54, 1.807) is 6.08 Å². The van der Waals surface area contributed by atoms with Gasteiger partial charge in [0.2, 0.25) is 5.91 Å². The molecule has 1 amide bonds. The molecule has 0 unspecified atom stereocenters. The maximum Gasteiger partial charge on any atom is 0.305 e. The van der Waals surface area contributed by atoms with E-state index >= 15 is 0 Å². The van der Waals surface area contributed by atoms with Gasteiger partial charge in [-0.2, -0.15) is 0 Å². The first-order valence-corrected chi connectivity index (χ1v) is 27.8. The number of nitrogens with one attached hydrogen (secondary N) is 1. The fourth-order valence-electron chi connectivity index (χ4n) is 8.71. The van der Waals surface area contributed by atoms with Crippen molar-refractivity contribution in [3.8, 4) is 0 Å². The topological polar surface area (TPSA) is 75.6 Å². The van der Waals surface area contributed by atoms with Crippen LogP contribution in [0.15, 0.2) is 12.2 Å². The third-order valence-corrected chi connectivity index (χ3v) is 13.0. The second-order valence-electron chi connectivity index (χ2n) is 19.2. The Bertz CT molecular complexity index is 905. The molecule has 0 heterocycles. The van der Waals surface area contributed by atoms with E-state index in [1.165, 1.54) is 244 Å². The van der Waals surface area contributed by atoms with Gasteiger partial charge in [-0.1, -0.05) is 290 Å².